The molecule has 8 heteroatoms. The fourth-order valence-electron chi connectivity index (χ4n) is 4.15. The summed E-state index contributed by atoms with van der Waals surface area (Å²) in [7, 11) is 0. The van der Waals surface area contributed by atoms with Gasteiger partial charge in [0.05, 0.1) is 11.3 Å². The van der Waals surface area contributed by atoms with Gasteiger partial charge in [-0.25, -0.2) is 0 Å². The first-order chi connectivity index (χ1) is 16.1. The van der Waals surface area contributed by atoms with Crippen LogP contribution in [0.2, 0.25) is 0 Å². The molecular weight excluding hydrogens is 450 g/mol. The number of amides is 1. The molecule has 2 aromatic heterocycles. The second-order valence-electron chi connectivity index (χ2n) is 8.13. The maximum absolute atomic E-state index is 12.7. The summed E-state index contributed by atoms with van der Waals surface area (Å²) >= 11 is 2.91. The SMILES string of the molecule is C=CCn1c(Cc2ccccc2)nnc1SCC(=O)Nc1sc2c(c1C#N)CCC(CC)C2. The number of hydrogen-bond acceptors (Lipinski definition) is 6. The van der Waals surface area contributed by atoms with Gasteiger partial charge in [-0.05, 0) is 36.3 Å². The van der Waals surface area contributed by atoms with Crippen LogP contribution in [0.1, 0.15) is 47.2 Å². The quantitative estimate of drug-likeness (QED) is 0.337. The molecule has 1 unspecified atom stereocenters. The van der Waals surface area contributed by atoms with Crippen molar-refractivity contribution < 1.29 is 4.79 Å². The highest BCUT2D eigenvalue weighted by atomic mass is 32.2. The molecule has 2 heterocycles. The number of carbonyl (C=O) groups is 1. The Balaban J connectivity index is 1.43. The number of hydrogen-bond donors (Lipinski definition) is 1. The summed E-state index contributed by atoms with van der Waals surface area (Å²) < 4.78 is 1.99. The van der Waals surface area contributed by atoms with Crippen molar-refractivity contribution in [2.24, 2.45) is 5.92 Å². The number of nitrogens with one attached hydrogen (secondary N) is 1. The number of benzene rings is 1. The molecule has 33 heavy (non-hydrogen) atoms. The van der Waals surface area contributed by atoms with Crippen molar-refractivity contribution in [2.45, 2.75) is 50.7 Å². The molecule has 1 amide bonds. The lowest BCUT2D eigenvalue weighted by molar-refractivity contribution is -0.113. The van der Waals surface area contributed by atoms with Crippen molar-refractivity contribution in [3.8, 4) is 6.07 Å². The summed E-state index contributed by atoms with van der Waals surface area (Å²) in [6.45, 7) is 6.63. The first-order valence-corrected chi connectivity index (χ1v) is 13.0. The highest BCUT2D eigenvalue weighted by Crippen LogP contribution is 2.40. The Bertz CT molecular complexity index is 1180. The molecule has 1 N–H and O–H groups in total. The molecule has 170 valence electrons. The zero-order chi connectivity index (χ0) is 23.2. The van der Waals surface area contributed by atoms with E-state index in [0.29, 0.717) is 34.6 Å². The van der Waals surface area contributed by atoms with Crippen LogP contribution in [0.4, 0.5) is 5.00 Å². The van der Waals surface area contributed by atoms with Gasteiger partial charge < -0.3 is 9.88 Å². The van der Waals surface area contributed by atoms with E-state index in [4.69, 9.17) is 0 Å². The number of allylic oxidation sites excluding steroid dienone is 1. The predicted molar refractivity (Wildman–Crippen MR) is 134 cm³/mol. The van der Waals surface area contributed by atoms with E-state index in [1.165, 1.54) is 16.6 Å². The van der Waals surface area contributed by atoms with Crippen LogP contribution in [0.5, 0.6) is 0 Å². The summed E-state index contributed by atoms with van der Waals surface area (Å²) in [5.74, 6) is 1.57. The minimum Gasteiger partial charge on any atom is -0.316 e. The van der Waals surface area contributed by atoms with Gasteiger partial charge >= 0.3 is 0 Å². The Hall–Kier alpha value is -2.89. The van der Waals surface area contributed by atoms with Crippen LogP contribution in [0.25, 0.3) is 0 Å². The lowest BCUT2D eigenvalue weighted by Gasteiger charge is -2.20. The molecule has 3 aromatic rings. The average Bonchev–Trinajstić information content (AvgIpc) is 3.38. The summed E-state index contributed by atoms with van der Waals surface area (Å²) in [5, 5.41) is 22.7. The van der Waals surface area contributed by atoms with E-state index in [1.54, 1.807) is 17.4 Å². The van der Waals surface area contributed by atoms with E-state index < -0.39 is 0 Å². The van der Waals surface area contributed by atoms with E-state index in [1.807, 2.05) is 22.8 Å². The minimum atomic E-state index is -0.139. The van der Waals surface area contributed by atoms with E-state index in [0.717, 1.165) is 42.6 Å². The Morgan fingerprint density at radius 3 is 2.94 bits per heavy atom. The summed E-state index contributed by atoms with van der Waals surface area (Å²) in [4.78, 5) is 14.0. The van der Waals surface area contributed by atoms with Crippen molar-refractivity contribution >= 4 is 34.0 Å². The van der Waals surface area contributed by atoms with Crippen molar-refractivity contribution in [2.75, 3.05) is 11.1 Å². The first kappa shape index (κ1) is 23.3. The number of aromatic nitrogens is 3. The number of thioether (sulfide) groups is 1. The van der Waals surface area contributed by atoms with Crippen molar-refractivity contribution in [1.82, 2.24) is 14.8 Å². The molecule has 6 nitrogen and oxygen atoms in total. The third-order valence-electron chi connectivity index (χ3n) is 5.95. The van der Waals surface area contributed by atoms with Crippen LogP contribution in [0, 0.1) is 17.2 Å². The van der Waals surface area contributed by atoms with Gasteiger partial charge in [0.25, 0.3) is 0 Å². The number of carbonyl (C=O) groups excluding carboxylic acids is 1. The molecule has 0 bridgehead atoms. The normalized spacial score (nSPS) is 15.0. The number of rotatable bonds is 9. The fraction of sp³-hybridized carbons (Fsp3) is 0.360. The summed E-state index contributed by atoms with van der Waals surface area (Å²) in [6, 6.07) is 12.4. The van der Waals surface area contributed by atoms with E-state index in [-0.39, 0.29) is 11.7 Å². The zero-order valence-electron chi connectivity index (χ0n) is 18.7. The lowest BCUT2D eigenvalue weighted by atomic mass is 9.86. The minimum absolute atomic E-state index is 0.139. The monoisotopic (exact) mass is 477 g/mol. The smallest absolute Gasteiger partial charge is 0.235 e. The number of thiophene rings is 1. The van der Waals surface area contributed by atoms with Gasteiger partial charge in [-0.3, -0.25) is 4.79 Å². The Morgan fingerprint density at radius 2 is 2.21 bits per heavy atom. The molecule has 0 saturated heterocycles. The number of fused-ring (bicyclic) bond motifs is 1. The third kappa shape index (κ3) is 5.37. The largest absolute Gasteiger partial charge is 0.316 e. The molecule has 1 aliphatic carbocycles. The van der Waals surface area contributed by atoms with Crippen LogP contribution < -0.4 is 5.32 Å². The maximum atomic E-state index is 12.7. The Labute approximate surface area is 202 Å². The highest BCUT2D eigenvalue weighted by molar-refractivity contribution is 7.99. The standard InChI is InChI=1S/C25H27N5OS2/c1-3-12-30-22(14-18-8-6-5-7-9-18)28-29-25(30)32-16-23(31)27-24-20(15-26)19-11-10-17(4-2)13-21(19)33-24/h3,5-9,17H,1,4,10-14,16H2,2H3,(H,27,31). The highest BCUT2D eigenvalue weighted by Gasteiger charge is 2.26. The molecule has 0 spiro atoms. The van der Waals surface area contributed by atoms with Crippen LogP contribution in [-0.2, 0) is 30.6 Å². The van der Waals surface area contributed by atoms with Gasteiger partial charge in [-0.2, -0.15) is 5.26 Å². The molecule has 4 rings (SSSR count). The summed E-state index contributed by atoms with van der Waals surface area (Å²) in [5.41, 5.74) is 2.93. The first-order valence-electron chi connectivity index (χ1n) is 11.2. The van der Waals surface area contributed by atoms with E-state index >= 15 is 0 Å². The molecule has 1 atom stereocenters. The molecule has 0 aliphatic heterocycles. The molecule has 1 aliphatic rings. The fourth-order valence-corrected chi connectivity index (χ4v) is 6.24. The third-order valence-corrected chi connectivity index (χ3v) is 8.09. The average molecular weight is 478 g/mol. The number of anilines is 1. The Kier molecular flexibility index (Phi) is 7.63. The second kappa shape index (κ2) is 10.8. The lowest BCUT2D eigenvalue weighted by Crippen LogP contribution is -2.15. The van der Waals surface area contributed by atoms with Gasteiger partial charge in [0.15, 0.2) is 5.16 Å². The predicted octanol–water partition coefficient (Wildman–Crippen LogP) is 5.23. The van der Waals surface area contributed by atoms with E-state index in [2.05, 4.69) is 47.2 Å². The number of nitrogens with zero attached hydrogens (tertiary/aromatic N) is 4. The van der Waals surface area contributed by atoms with Crippen molar-refractivity contribution in [3.05, 3.63) is 70.4 Å². The zero-order valence-corrected chi connectivity index (χ0v) is 20.3. The van der Waals surface area contributed by atoms with Gasteiger partial charge in [0.1, 0.15) is 16.9 Å². The Morgan fingerprint density at radius 1 is 1.39 bits per heavy atom. The second-order valence-corrected chi connectivity index (χ2v) is 10.2. The topological polar surface area (TPSA) is 83.6 Å². The summed E-state index contributed by atoms with van der Waals surface area (Å²) in [6.07, 6.45) is 6.66. The molecule has 0 saturated carbocycles. The van der Waals surface area contributed by atoms with Gasteiger partial charge in [-0.15, -0.1) is 28.1 Å². The van der Waals surface area contributed by atoms with Crippen LogP contribution in [-0.4, -0.2) is 26.4 Å². The van der Waals surface area contributed by atoms with Crippen molar-refractivity contribution in [3.63, 3.8) is 0 Å². The molecular formula is C25H27N5OS2. The van der Waals surface area contributed by atoms with Gasteiger partial charge in [0.2, 0.25) is 5.91 Å². The molecule has 0 fully saturated rings. The van der Waals surface area contributed by atoms with Gasteiger partial charge in [-0.1, -0.05) is 61.5 Å². The molecule has 1 aromatic carbocycles. The van der Waals surface area contributed by atoms with Crippen LogP contribution in [0.15, 0.2) is 48.1 Å². The number of nitriles is 1. The van der Waals surface area contributed by atoms with Crippen molar-refractivity contribution in [1.29, 1.82) is 5.26 Å². The maximum Gasteiger partial charge on any atom is 0.235 e. The molecule has 0 radical (unpaired) electrons. The van der Waals surface area contributed by atoms with Crippen LogP contribution >= 0.6 is 23.1 Å². The van der Waals surface area contributed by atoms with E-state index in [9.17, 15) is 10.1 Å². The van der Waals surface area contributed by atoms with Crippen LogP contribution in [0.3, 0.4) is 0 Å². The van der Waals surface area contributed by atoms with Gasteiger partial charge in [0, 0.05) is 17.8 Å².